The van der Waals surface area contributed by atoms with Gasteiger partial charge in [0, 0.05) is 16.3 Å². The molecule has 0 spiro atoms. The molecule has 4 nitrogen and oxygen atoms in total. The third-order valence-electron chi connectivity index (χ3n) is 3.75. The first-order chi connectivity index (χ1) is 12.2. The quantitative estimate of drug-likeness (QED) is 0.476. The molecule has 0 saturated carbocycles. The predicted octanol–water partition coefficient (Wildman–Crippen LogP) is 4.68. The number of methoxy groups -OCH3 is 2. The molecule has 0 aliphatic rings. The van der Waals surface area contributed by atoms with E-state index < -0.39 is 0 Å². The monoisotopic (exact) mass is 354 g/mol. The summed E-state index contributed by atoms with van der Waals surface area (Å²) >= 11 is 1.65. The molecule has 5 heteroatoms. The van der Waals surface area contributed by atoms with E-state index in [1.54, 1.807) is 43.8 Å². The molecule has 0 atom stereocenters. The van der Waals surface area contributed by atoms with Gasteiger partial charge in [0.2, 0.25) is 0 Å². The fourth-order valence-corrected chi connectivity index (χ4v) is 3.41. The van der Waals surface area contributed by atoms with Crippen molar-refractivity contribution in [3.63, 3.8) is 0 Å². The van der Waals surface area contributed by atoms with E-state index in [1.807, 2.05) is 29.6 Å². The molecule has 0 fully saturated rings. The third kappa shape index (κ3) is 4.00. The third-order valence-corrected chi connectivity index (χ3v) is 4.76. The number of hydrogen-bond donors (Lipinski definition) is 0. The van der Waals surface area contributed by atoms with Crippen LogP contribution in [0.3, 0.4) is 0 Å². The van der Waals surface area contributed by atoms with Crippen molar-refractivity contribution >= 4 is 33.5 Å². The van der Waals surface area contributed by atoms with Crippen molar-refractivity contribution in [2.24, 2.45) is 0 Å². The zero-order valence-electron chi connectivity index (χ0n) is 14.0. The number of fused-ring (bicyclic) bond motifs is 1. The van der Waals surface area contributed by atoms with Crippen LogP contribution in [0.2, 0.25) is 0 Å². The van der Waals surface area contributed by atoms with Gasteiger partial charge in [-0.15, -0.1) is 11.3 Å². The molecule has 25 heavy (non-hydrogen) atoms. The Labute approximate surface area is 150 Å². The summed E-state index contributed by atoms with van der Waals surface area (Å²) in [5.41, 5.74) is 1.85. The van der Waals surface area contributed by atoms with Crippen LogP contribution in [0.5, 0.6) is 11.5 Å². The Hall–Kier alpha value is -2.79. The van der Waals surface area contributed by atoms with Gasteiger partial charge in [0.1, 0.15) is 6.61 Å². The van der Waals surface area contributed by atoms with Crippen LogP contribution in [0, 0.1) is 0 Å². The minimum absolute atomic E-state index is 0.263. The molecule has 0 saturated heterocycles. The fourth-order valence-electron chi connectivity index (χ4n) is 2.46. The maximum absolute atomic E-state index is 12.0. The summed E-state index contributed by atoms with van der Waals surface area (Å²) in [5, 5.41) is 3.15. The summed E-state index contributed by atoms with van der Waals surface area (Å²) < 4.78 is 17.0. The topological polar surface area (TPSA) is 44.8 Å². The lowest BCUT2D eigenvalue weighted by atomic mass is 10.2. The highest BCUT2D eigenvalue weighted by Crippen LogP contribution is 2.28. The second-order valence-corrected chi connectivity index (χ2v) is 6.22. The van der Waals surface area contributed by atoms with E-state index in [-0.39, 0.29) is 12.6 Å². The van der Waals surface area contributed by atoms with Crippen LogP contribution in [0.4, 0.5) is 0 Å². The van der Waals surface area contributed by atoms with Crippen molar-refractivity contribution < 1.29 is 19.0 Å². The molecule has 1 heterocycles. The molecule has 0 aliphatic heterocycles. The van der Waals surface area contributed by atoms with E-state index in [4.69, 9.17) is 14.2 Å². The van der Waals surface area contributed by atoms with Crippen LogP contribution in [-0.2, 0) is 16.1 Å². The molecular formula is C20H18O4S. The molecule has 128 valence electrons. The lowest BCUT2D eigenvalue weighted by molar-refractivity contribution is -0.138. The summed E-state index contributed by atoms with van der Waals surface area (Å²) in [4.78, 5) is 12.0. The first kappa shape index (κ1) is 17.0. The molecule has 3 rings (SSSR count). The van der Waals surface area contributed by atoms with Gasteiger partial charge in [-0.2, -0.15) is 0 Å². The van der Waals surface area contributed by atoms with E-state index in [1.165, 1.54) is 10.8 Å². The zero-order valence-corrected chi connectivity index (χ0v) is 14.8. The molecular weight excluding hydrogens is 336 g/mol. The predicted molar refractivity (Wildman–Crippen MR) is 100 cm³/mol. The van der Waals surface area contributed by atoms with Crippen molar-refractivity contribution in [1.29, 1.82) is 0 Å². The summed E-state index contributed by atoms with van der Waals surface area (Å²) in [6, 6.07) is 13.5. The lowest BCUT2D eigenvalue weighted by Crippen LogP contribution is -2.00. The summed E-state index contributed by atoms with van der Waals surface area (Å²) in [7, 11) is 3.16. The second kappa shape index (κ2) is 7.85. The number of benzene rings is 2. The van der Waals surface area contributed by atoms with Crippen LogP contribution in [-0.4, -0.2) is 20.2 Å². The summed E-state index contributed by atoms with van der Waals surface area (Å²) in [5.74, 6) is 0.874. The van der Waals surface area contributed by atoms with Gasteiger partial charge in [-0.3, -0.25) is 0 Å². The molecule has 0 unspecified atom stereocenters. The van der Waals surface area contributed by atoms with Crippen molar-refractivity contribution in [2.45, 2.75) is 6.61 Å². The number of thiophene rings is 1. The van der Waals surface area contributed by atoms with Crippen LogP contribution in [0.25, 0.3) is 16.2 Å². The normalized spacial score (nSPS) is 11.0. The lowest BCUT2D eigenvalue weighted by Gasteiger charge is -2.07. The minimum Gasteiger partial charge on any atom is -0.493 e. The summed E-state index contributed by atoms with van der Waals surface area (Å²) in [6.07, 6.45) is 3.10. The first-order valence-corrected chi connectivity index (χ1v) is 8.61. The van der Waals surface area contributed by atoms with Gasteiger partial charge < -0.3 is 14.2 Å². The number of esters is 1. The largest absolute Gasteiger partial charge is 0.493 e. The van der Waals surface area contributed by atoms with Gasteiger partial charge in [0.05, 0.1) is 14.2 Å². The van der Waals surface area contributed by atoms with Crippen molar-refractivity contribution in [3.05, 3.63) is 65.0 Å². The Balaban J connectivity index is 1.63. The van der Waals surface area contributed by atoms with Crippen LogP contribution in [0.15, 0.2) is 53.9 Å². The Morgan fingerprint density at radius 3 is 2.68 bits per heavy atom. The second-order valence-electron chi connectivity index (χ2n) is 5.31. The van der Waals surface area contributed by atoms with Gasteiger partial charge >= 0.3 is 5.97 Å². The summed E-state index contributed by atoms with van der Waals surface area (Å²) in [6.45, 7) is 0.263. The van der Waals surface area contributed by atoms with Crippen molar-refractivity contribution in [2.75, 3.05) is 14.2 Å². The molecule has 0 N–H and O–H groups in total. The SMILES string of the molecule is COc1ccc(/C=C/C(=O)OCc2csc3ccccc23)cc1OC. The fraction of sp³-hybridized carbons (Fsp3) is 0.150. The Kier molecular flexibility index (Phi) is 5.36. The maximum atomic E-state index is 12.0. The molecule has 0 aliphatic carbocycles. The molecule has 2 aromatic carbocycles. The number of carbonyl (C=O) groups excluding carboxylic acids is 1. The number of rotatable bonds is 6. The standard InChI is InChI=1S/C20H18O4S/c1-22-17-9-7-14(11-18(17)23-2)8-10-20(21)24-12-15-13-25-19-6-4-3-5-16(15)19/h3-11,13H,12H2,1-2H3/b10-8+. The van der Waals surface area contributed by atoms with Crippen LogP contribution in [0.1, 0.15) is 11.1 Å². The first-order valence-electron chi connectivity index (χ1n) is 7.73. The maximum Gasteiger partial charge on any atom is 0.331 e. The van der Waals surface area contributed by atoms with E-state index in [0.29, 0.717) is 11.5 Å². The highest BCUT2D eigenvalue weighted by Gasteiger charge is 2.06. The molecule has 0 radical (unpaired) electrons. The molecule has 0 amide bonds. The van der Waals surface area contributed by atoms with Gasteiger partial charge in [0.25, 0.3) is 0 Å². The number of ether oxygens (including phenoxy) is 3. The molecule has 1 aromatic heterocycles. The van der Waals surface area contributed by atoms with Crippen LogP contribution >= 0.6 is 11.3 Å². The van der Waals surface area contributed by atoms with E-state index in [2.05, 4.69) is 6.07 Å². The zero-order chi connectivity index (χ0) is 17.6. The Bertz CT molecular complexity index is 911. The smallest absolute Gasteiger partial charge is 0.331 e. The van der Waals surface area contributed by atoms with Gasteiger partial charge in [0.15, 0.2) is 11.5 Å². The number of carbonyl (C=O) groups is 1. The Morgan fingerprint density at radius 1 is 1.08 bits per heavy atom. The Morgan fingerprint density at radius 2 is 1.88 bits per heavy atom. The van der Waals surface area contributed by atoms with E-state index in [9.17, 15) is 4.79 Å². The average molecular weight is 354 g/mol. The van der Waals surface area contributed by atoms with Gasteiger partial charge in [-0.25, -0.2) is 4.79 Å². The van der Waals surface area contributed by atoms with E-state index in [0.717, 1.165) is 16.5 Å². The average Bonchev–Trinajstić information content (AvgIpc) is 3.07. The minimum atomic E-state index is -0.384. The highest BCUT2D eigenvalue weighted by molar-refractivity contribution is 7.17. The molecule has 3 aromatic rings. The molecule has 0 bridgehead atoms. The van der Waals surface area contributed by atoms with Crippen LogP contribution < -0.4 is 9.47 Å². The highest BCUT2D eigenvalue weighted by atomic mass is 32.1. The number of hydrogen-bond acceptors (Lipinski definition) is 5. The van der Waals surface area contributed by atoms with E-state index >= 15 is 0 Å². The van der Waals surface area contributed by atoms with Gasteiger partial charge in [-0.1, -0.05) is 24.3 Å². The van der Waals surface area contributed by atoms with Gasteiger partial charge in [-0.05, 0) is 40.6 Å². The van der Waals surface area contributed by atoms with Crippen molar-refractivity contribution in [1.82, 2.24) is 0 Å². The van der Waals surface area contributed by atoms with Crippen molar-refractivity contribution in [3.8, 4) is 11.5 Å².